The second-order valence-corrected chi connectivity index (χ2v) is 9.88. The van der Waals surface area contributed by atoms with Crippen LogP contribution in [-0.4, -0.2) is 48.4 Å². The predicted octanol–water partition coefficient (Wildman–Crippen LogP) is 2.36. The SMILES string of the molecule is C[C@H](NS(C)(=O)=O)c1cccc(-c2nc(N3C[C@@H](O)[C@@H]3C)nc3c2CCC3(F)F)c1. The maximum absolute atomic E-state index is 14.5. The van der Waals surface area contributed by atoms with Crippen molar-refractivity contribution in [2.45, 2.75) is 50.8 Å². The number of nitrogens with one attached hydrogen (secondary N) is 1. The molecule has 0 spiro atoms. The van der Waals surface area contributed by atoms with Crippen LogP contribution in [0.1, 0.15) is 43.1 Å². The highest BCUT2D eigenvalue weighted by Crippen LogP contribution is 2.45. The standard InChI is InChI=1S/C20H24F2N4O3S/c1-11(25-30(3,28)29)13-5-4-6-14(9-13)17-15-7-8-20(21,22)18(15)24-19(23-17)26-10-16(27)12(26)2/h4-6,9,11-12,16,25,27H,7-8,10H2,1-3H3/t11-,12-,16+/m0/s1. The fourth-order valence-electron chi connectivity index (χ4n) is 3.98. The van der Waals surface area contributed by atoms with Crippen molar-refractivity contribution in [3.63, 3.8) is 0 Å². The number of halogens is 2. The fourth-order valence-corrected chi connectivity index (χ4v) is 4.76. The average Bonchev–Trinajstić information content (AvgIpc) is 2.98. The van der Waals surface area contributed by atoms with E-state index in [1.54, 1.807) is 43.0 Å². The summed E-state index contributed by atoms with van der Waals surface area (Å²) >= 11 is 0. The number of nitrogens with zero attached hydrogens (tertiary/aromatic N) is 3. The number of benzene rings is 1. The summed E-state index contributed by atoms with van der Waals surface area (Å²) in [4.78, 5) is 10.5. The minimum absolute atomic E-state index is 0.164. The molecule has 0 amide bonds. The minimum atomic E-state index is -3.40. The highest BCUT2D eigenvalue weighted by atomic mass is 32.2. The van der Waals surface area contributed by atoms with Gasteiger partial charge in [0.25, 0.3) is 5.92 Å². The smallest absolute Gasteiger partial charge is 0.290 e. The Balaban J connectivity index is 1.79. The van der Waals surface area contributed by atoms with Gasteiger partial charge in [0.15, 0.2) is 0 Å². The van der Waals surface area contributed by atoms with Crippen LogP contribution < -0.4 is 9.62 Å². The van der Waals surface area contributed by atoms with E-state index < -0.39 is 28.1 Å². The summed E-state index contributed by atoms with van der Waals surface area (Å²) in [6, 6.07) is 6.32. The Kier molecular flexibility index (Phi) is 5.06. The summed E-state index contributed by atoms with van der Waals surface area (Å²) in [6.07, 6.45) is 0.383. The van der Waals surface area contributed by atoms with Crippen molar-refractivity contribution in [1.29, 1.82) is 0 Å². The van der Waals surface area contributed by atoms with Crippen LogP contribution in [0.2, 0.25) is 0 Å². The summed E-state index contributed by atoms with van der Waals surface area (Å²) < 4.78 is 54.7. The molecule has 162 valence electrons. The molecule has 0 unspecified atom stereocenters. The Morgan fingerprint density at radius 1 is 1.33 bits per heavy atom. The van der Waals surface area contributed by atoms with Crippen molar-refractivity contribution >= 4 is 16.0 Å². The molecule has 2 N–H and O–H groups in total. The van der Waals surface area contributed by atoms with Crippen LogP contribution in [0.3, 0.4) is 0 Å². The van der Waals surface area contributed by atoms with Crippen molar-refractivity contribution in [2.24, 2.45) is 0 Å². The zero-order valence-corrected chi connectivity index (χ0v) is 17.7. The summed E-state index contributed by atoms with van der Waals surface area (Å²) in [7, 11) is -3.40. The Labute approximate surface area is 174 Å². The first-order valence-electron chi connectivity index (χ1n) is 9.78. The van der Waals surface area contributed by atoms with Crippen molar-refractivity contribution in [3.05, 3.63) is 41.1 Å². The minimum Gasteiger partial charge on any atom is -0.389 e. The molecule has 3 atom stereocenters. The van der Waals surface area contributed by atoms with Gasteiger partial charge in [-0.1, -0.05) is 18.2 Å². The van der Waals surface area contributed by atoms with Gasteiger partial charge in [-0.15, -0.1) is 0 Å². The molecule has 4 rings (SSSR count). The normalized spacial score (nSPS) is 23.7. The van der Waals surface area contributed by atoms with Gasteiger partial charge in [-0.3, -0.25) is 0 Å². The number of β-amino-alcohol motifs (C(OH)–C–C–N with tert-alkyl or cyclic N) is 1. The highest BCUT2D eigenvalue weighted by molar-refractivity contribution is 7.88. The van der Waals surface area contributed by atoms with E-state index in [2.05, 4.69) is 14.7 Å². The Hall–Kier alpha value is -2.17. The largest absolute Gasteiger partial charge is 0.389 e. The van der Waals surface area contributed by atoms with Gasteiger partial charge in [0.05, 0.1) is 24.1 Å². The first-order chi connectivity index (χ1) is 14.0. The third-order valence-corrected chi connectivity index (χ3v) is 6.55. The number of aliphatic hydroxyl groups is 1. The second-order valence-electron chi connectivity index (χ2n) is 8.10. The van der Waals surface area contributed by atoms with Gasteiger partial charge in [-0.25, -0.2) is 23.1 Å². The lowest BCUT2D eigenvalue weighted by atomic mass is 9.99. The first-order valence-corrected chi connectivity index (χ1v) is 11.7. The van der Waals surface area contributed by atoms with Gasteiger partial charge in [0.1, 0.15) is 5.69 Å². The maximum Gasteiger partial charge on any atom is 0.290 e. The third kappa shape index (κ3) is 3.79. The number of rotatable bonds is 5. The Morgan fingerprint density at radius 2 is 2.07 bits per heavy atom. The second kappa shape index (κ2) is 7.21. The van der Waals surface area contributed by atoms with E-state index in [1.807, 2.05) is 0 Å². The van der Waals surface area contributed by atoms with Crippen molar-refractivity contribution in [3.8, 4) is 11.3 Å². The zero-order chi connectivity index (χ0) is 21.8. The number of sulfonamides is 1. The summed E-state index contributed by atoms with van der Waals surface area (Å²) in [5.74, 6) is -2.85. The third-order valence-electron chi connectivity index (χ3n) is 5.77. The van der Waals surface area contributed by atoms with Crippen LogP contribution >= 0.6 is 0 Å². The quantitative estimate of drug-likeness (QED) is 0.744. The molecule has 2 aromatic rings. The van der Waals surface area contributed by atoms with E-state index in [-0.39, 0.29) is 30.5 Å². The fraction of sp³-hybridized carbons (Fsp3) is 0.500. The van der Waals surface area contributed by atoms with Gasteiger partial charge in [0.2, 0.25) is 16.0 Å². The molecule has 0 bridgehead atoms. The molecule has 2 heterocycles. The molecule has 10 heteroatoms. The molecule has 1 aliphatic carbocycles. The van der Waals surface area contributed by atoms with E-state index in [4.69, 9.17) is 0 Å². The van der Waals surface area contributed by atoms with Crippen LogP contribution in [0.4, 0.5) is 14.7 Å². The molecule has 0 saturated carbocycles. The molecule has 1 fully saturated rings. The highest BCUT2D eigenvalue weighted by Gasteiger charge is 2.45. The van der Waals surface area contributed by atoms with Crippen LogP contribution in [0, 0.1) is 0 Å². The van der Waals surface area contributed by atoms with E-state index in [9.17, 15) is 22.3 Å². The number of aromatic nitrogens is 2. The molecule has 2 aliphatic rings. The van der Waals surface area contributed by atoms with Crippen LogP contribution in [0.25, 0.3) is 11.3 Å². The molecule has 1 aromatic heterocycles. The van der Waals surface area contributed by atoms with Crippen molar-refractivity contribution in [1.82, 2.24) is 14.7 Å². The molecule has 1 saturated heterocycles. The number of hydrogen-bond acceptors (Lipinski definition) is 6. The topological polar surface area (TPSA) is 95.4 Å². The van der Waals surface area contributed by atoms with Gasteiger partial charge in [-0.2, -0.15) is 8.78 Å². The molecule has 30 heavy (non-hydrogen) atoms. The monoisotopic (exact) mass is 438 g/mol. The Morgan fingerprint density at radius 3 is 2.70 bits per heavy atom. The predicted molar refractivity (Wildman–Crippen MR) is 109 cm³/mol. The number of aliphatic hydroxyl groups excluding tert-OH is 1. The number of alkyl halides is 2. The first kappa shape index (κ1) is 21.1. The molecule has 7 nitrogen and oxygen atoms in total. The average molecular weight is 439 g/mol. The van der Waals surface area contributed by atoms with Crippen LogP contribution in [-0.2, 0) is 22.4 Å². The van der Waals surface area contributed by atoms with E-state index >= 15 is 0 Å². The van der Waals surface area contributed by atoms with Gasteiger partial charge in [-0.05, 0) is 31.9 Å². The van der Waals surface area contributed by atoms with Gasteiger partial charge >= 0.3 is 0 Å². The number of hydrogen-bond donors (Lipinski definition) is 2. The lowest BCUT2D eigenvalue weighted by Crippen LogP contribution is -2.59. The van der Waals surface area contributed by atoms with Gasteiger partial charge in [0, 0.05) is 30.1 Å². The lowest BCUT2D eigenvalue weighted by molar-refractivity contribution is -0.00603. The van der Waals surface area contributed by atoms with Crippen LogP contribution in [0.15, 0.2) is 24.3 Å². The summed E-state index contributed by atoms with van der Waals surface area (Å²) in [6.45, 7) is 3.80. The molecular formula is C20H24F2N4O3S. The maximum atomic E-state index is 14.5. The molecule has 0 radical (unpaired) electrons. The van der Waals surface area contributed by atoms with E-state index in [1.165, 1.54) is 0 Å². The zero-order valence-electron chi connectivity index (χ0n) is 16.9. The molecular weight excluding hydrogens is 414 g/mol. The summed E-state index contributed by atoms with van der Waals surface area (Å²) in [5, 5.41) is 9.82. The number of anilines is 1. The Bertz CT molecular complexity index is 1090. The van der Waals surface area contributed by atoms with Crippen molar-refractivity contribution in [2.75, 3.05) is 17.7 Å². The van der Waals surface area contributed by atoms with E-state index in [0.29, 0.717) is 28.9 Å². The lowest BCUT2D eigenvalue weighted by Gasteiger charge is -2.43. The van der Waals surface area contributed by atoms with Gasteiger partial charge < -0.3 is 10.0 Å². The molecule has 1 aliphatic heterocycles. The molecule has 1 aromatic carbocycles. The van der Waals surface area contributed by atoms with Crippen molar-refractivity contribution < 1.29 is 22.3 Å². The van der Waals surface area contributed by atoms with Crippen LogP contribution in [0.5, 0.6) is 0 Å². The number of fused-ring (bicyclic) bond motifs is 1. The van der Waals surface area contributed by atoms with E-state index in [0.717, 1.165) is 6.26 Å². The summed E-state index contributed by atoms with van der Waals surface area (Å²) in [5.41, 5.74) is 1.90.